The minimum Gasteiger partial charge on any atom is -0.488 e. The third-order valence-electron chi connectivity index (χ3n) is 2.09. The van der Waals surface area contributed by atoms with Gasteiger partial charge >= 0.3 is 0 Å². The van der Waals surface area contributed by atoms with Crippen LogP contribution in [0.1, 0.15) is 23.7 Å². The first-order valence-corrected chi connectivity index (χ1v) is 5.59. The Kier molecular flexibility index (Phi) is 5.04. The molecule has 0 heterocycles. The highest BCUT2D eigenvalue weighted by atomic mass is 35.5. The Hall–Kier alpha value is -1.68. The lowest BCUT2D eigenvalue weighted by Gasteiger charge is -2.08. The highest BCUT2D eigenvalue weighted by Crippen LogP contribution is 2.28. The first-order chi connectivity index (χ1) is 8.45. The van der Waals surface area contributed by atoms with E-state index in [4.69, 9.17) is 16.3 Å². The molecule has 0 radical (unpaired) electrons. The normalized spacial score (nSPS) is 9.94. The summed E-state index contributed by atoms with van der Waals surface area (Å²) in [7, 11) is 0. The number of benzene rings is 1. The molecule has 96 valence electrons. The average Bonchev–Trinajstić information content (AvgIpc) is 2.26. The van der Waals surface area contributed by atoms with Crippen molar-refractivity contribution in [1.29, 1.82) is 0 Å². The molecule has 0 amide bonds. The summed E-state index contributed by atoms with van der Waals surface area (Å²) in [5.41, 5.74) is -0.200. The molecule has 0 N–H and O–H groups in total. The van der Waals surface area contributed by atoms with E-state index in [0.717, 1.165) is 6.07 Å². The molecule has 0 aliphatic heterocycles. The van der Waals surface area contributed by atoms with Gasteiger partial charge in [0.15, 0.2) is 5.78 Å². The maximum atomic E-state index is 13.6. The Morgan fingerprint density at radius 2 is 2.17 bits per heavy atom. The number of carbonyl (C=O) groups is 2. The quantitative estimate of drug-likeness (QED) is 0.453. The third kappa shape index (κ3) is 3.67. The number of hydrogen-bond acceptors (Lipinski definition) is 3. The van der Waals surface area contributed by atoms with Crippen LogP contribution in [0.2, 0.25) is 5.02 Å². The molecule has 1 aromatic rings. The predicted molar refractivity (Wildman–Crippen MR) is 66.7 cm³/mol. The maximum absolute atomic E-state index is 13.6. The standard InChI is InChI=1S/C13H12ClFO3/c1-3-4-18-13-6-9(11(15)7-10(13)14)12(17)5-8(2)16/h3,6-7H,1,4-5H2,2H3. The fourth-order valence-corrected chi connectivity index (χ4v) is 1.53. The van der Waals surface area contributed by atoms with Crippen LogP contribution >= 0.6 is 11.6 Å². The zero-order valence-corrected chi connectivity index (χ0v) is 10.6. The minimum atomic E-state index is -0.766. The molecule has 3 nitrogen and oxygen atoms in total. The number of ether oxygens (including phenoxy) is 1. The van der Waals surface area contributed by atoms with Crippen LogP contribution in [0.4, 0.5) is 4.39 Å². The van der Waals surface area contributed by atoms with Gasteiger partial charge in [-0.2, -0.15) is 0 Å². The Labute approximate surface area is 109 Å². The molecule has 18 heavy (non-hydrogen) atoms. The fraction of sp³-hybridized carbons (Fsp3) is 0.231. The van der Waals surface area contributed by atoms with E-state index >= 15 is 0 Å². The highest BCUT2D eigenvalue weighted by molar-refractivity contribution is 6.32. The lowest BCUT2D eigenvalue weighted by atomic mass is 10.1. The van der Waals surface area contributed by atoms with Crippen LogP contribution in [-0.4, -0.2) is 18.2 Å². The van der Waals surface area contributed by atoms with Crippen LogP contribution in [0.25, 0.3) is 0 Å². The van der Waals surface area contributed by atoms with Crippen molar-refractivity contribution < 1.29 is 18.7 Å². The molecule has 5 heteroatoms. The van der Waals surface area contributed by atoms with Crippen molar-refractivity contribution in [2.24, 2.45) is 0 Å². The summed E-state index contributed by atoms with van der Waals surface area (Å²) in [5, 5.41) is 0.0636. The Morgan fingerprint density at radius 1 is 1.50 bits per heavy atom. The van der Waals surface area contributed by atoms with Crippen LogP contribution in [0.3, 0.4) is 0 Å². The van der Waals surface area contributed by atoms with Gasteiger partial charge in [-0.3, -0.25) is 9.59 Å². The molecule has 0 bridgehead atoms. The number of ketones is 2. The van der Waals surface area contributed by atoms with Gasteiger partial charge in [-0.15, -0.1) is 0 Å². The van der Waals surface area contributed by atoms with Gasteiger partial charge in [0.05, 0.1) is 17.0 Å². The van der Waals surface area contributed by atoms with E-state index in [-0.39, 0.29) is 35.1 Å². The van der Waals surface area contributed by atoms with Crippen LogP contribution < -0.4 is 4.74 Å². The van der Waals surface area contributed by atoms with Gasteiger partial charge < -0.3 is 4.74 Å². The van der Waals surface area contributed by atoms with Gasteiger partial charge in [0, 0.05) is 0 Å². The van der Waals surface area contributed by atoms with Gasteiger partial charge in [0.25, 0.3) is 0 Å². The largest absolute Gasteiger partial charge is 0.488 e. The first kappa shape index (κ1) is 14.4. The van der Waals surface area contributed by atoms with Crippen LogP contribution in [-0.2, 0) is 4.79 Å². The van der Waals surface area contributed by atoms with Crippen molar-refractivity contribution in [2.75, 3.05) is 6.61 Å². The summed E-state index contributed by atoms with van der Waals surface area (Å²) < 4.78 is 18.7. The zero-order valence-electron chi connectivity index (χ0n) is 9.83. The van der Waals surface area contributed by atoms with E-state index in [0.29, 0.717) is 0 Å². The predicted octanol–water partition coefficient (Wildman–Crippen LogP) is 3.21. The second-order valence-electron chi connectivity index (χ2n) is 3.66. The second-order valence-corrected chi connectivity index (χ2v) is 4.07. The van der Waals surface area contributed by atoms with E-state index in [1.165, 1.54) is 19.1 Å². The molecule has 0 spiro atoms. The summed E-state index contributed by atoms with van der Waals surface area (Å²) in [6.45, 7) is 4.92. The number of Topliss-reactive ketones (excluding diaryl/α,β-unsaturated/α-hetero) is 2. The molecular formula is C13H12ClFO3. The maximum Gasteiger partial charge on any atom is 0.173 e. The Bertz CT molecular complexity index is 497. The van der Waals surface area contributed by atoms with Gasteiger partial charge in [0.1, 0.15) is 24.0 Å². The Morgan fingerprint density at radius 3 is 2.72 bits per heavy atom. The van der Waals surface area contributed by atoms with Gasteiger partial charge in [-0.05, 0) is 19.1 Å². The van der Waals surface area contributed by atoms with Crippen LogP contribution in [0, 0.1) is 5.82 Å². The van der Waals surface area contributed by atoms with E-state index in [9.17, 15) is 14.0 Å². The molecule has 0 fully saturated rings. The van der Waals surface area contributed by atoms with Gasteiger partial charge in [-0.25, -0.2) is 4.39 Å². The summed E-state index contributed by atoms with van der Waals surface area (Å²) >= 11 is 5.77. The molecule has 0 saturated carbocycles. The molecule has 0 atom stereocenters. The molecule has 0 aliphatic carbocycles. The van der Waals surface area contributed by atoms with E-state index in [2.05, 4.69) is 6.58 Å². The number of rotatable bonds is 6. The molecule has 0 saturated heterocycles. The minimum absolute atomic E-state index is 0.0636. The molecule has 0 unspecified atom stereocenters. The monoisotopic (exact) mass is 270 g/mol. The SMILES string of the molecule is C=CCOc1cc(C(=O)CC(C)=O)c(F)cc1Cl. The molecule has 0 aromatic heterocycles. The summed E-state index contributed by atoms with van der Waals surface area (Å²) in [4.78, 5) is 22.5. The first-order valence-electron chi connectivity index (χ1n) is 5.21. The lowest BCUT2D eigenvalue weighted by molar-refractivity contribution is -0.116. The fourth-order valence-electron chi connectivity index (χ4n) is 1.32. The van der Waals surface area contributed by atoms with Crippen molar-refractivity contribution in [1.82, 2.24) is 0 Å². The van der Waals surface area contributed by atoms with E-state index < -0.39 is 11.6 Å². The second kappa shape index (κ2) is 6.31. The van der Waals surface area contributed by atoms with Crippen molar-refractivity contribution in [3.05, 3.63) is 41.2 Å². The number of halogens is 2. The van der Waals surface area contributed by atoms with Crippen molar-refractivity contribution in [2.45, 2.75) is 13.3 Å². The van der Waals surface area contributed by atoms with E-state index in [1.807, 2.05) is 0 Å². The number of carbonyl (C=O) groups excluding carboxylic acids is 2. The van der Waals surface area contributed by atoms with Crippen LogP contribution in [0.15, 0.2) is 24.8 Å². The zero-order chi connectivity index (χ0) is 13.7. The lowest BCUT2D eigenvalue weighted by Crippen LogP contribution is -2.08. The van der Waals surface area contributed by atoms with Gasteiger partial charge in [-0.1, -0.05) is 24.3 Å². The smallest absolute Gasteiger partial charge is 0.173 e. The molecule has 1 aromatic carbocycles. The van der Waals surface area contributed by atoms with Crippen molar-refractivity contribution >= 4 is 23.2 Å². The summed E-state index contributed by atoms with van der Waals surface area (Å²) in [5.74, 6) is -1.51. The summed E-state index contributed by atoms with van der Waals surface area (Å²) in [6, 6.07) is 2.19. The summed E-state index contributed by atoms with van der Waals surface area (Å²) in [6.07, 6.45) is 1.15. The van der Waals surface area contributed by atoms with Crippen molar-refractivity contribution in [3.63, 3.8) is 0 Å². The average molecular weight is 271 g/mol. The topological polar surface area (TPSA) is 43.4 Å². The molecule has 0 aliphatic rings. The van der Waals surface area contributed by atoms with Crippen molar-refractivity contribution in [3.8, 4) is 5.75 Å². The van der Waals surface area contributed by atoms with E-state index in [1.54, 1.807) is 0 Å². The highest BCUT2D eigenvalue weighted by Gasteiger charge is 2.17. The van der Waals surface area contributed by atoms with Gasteiger partial charge in [0.2, 0.25) is 0 Å². The third-order valence-corrected chi connectivity index (χ3v) is 2.38. The molecular weight excluding hydrogens is 259 g/mol. The van der Waals surface area contributed by atoms with Crippen LogP contribution in [0.5, 0.6) is 5.75 Å². The Balaban J connectivity index is 3.07. The number of hydrogen-bond donors (Lipinski definition) is 0. The molecule has 1 rings (SSSR count).